The third-order valence-corrected chi connectivity index (χ3v) is 6.05. The number of hydrogen-bond acceptors (Lipinski definition) is 6. The first kappa shape index (κ1) is 17.8. The van der Waals surface area contributed by atoms with Crippen molar-refractivity contribution in [2.45, 2.75) is 6.54 Å². The topological polar surface area (TPSA) is 73.1 Å². The highest BCUT2D eigenvalue weighted by Crippen LogP contribution is 2.31. The summed E-state index contributed by atoms with van der Waals surface area (Å²) in [4.78, 5) is 17.2. The van der Waals surface area contributed by atoms with Gasteiger partial charge in [0.15, 0.2) is 15.5 Å². The Bertz CT molecular complexity index is 1350. The molecule has 0 saturated heterocycles. The Kier molecular flexibility index (Phi) is 4.30. The molecule has 3 heterocycles. The van der Waals surface area contributed by atoms with E-state index in [0.29, 0.717) is 37.8 Å². The summed E-state index contributed by atoms with van der Waals surface area (Å²) in [6.45, 7) is 0.612. The molecule has 0 unspecified atom stereocenters. The first-order valence-electron chi connectivity index (χ1n) is 8.81. The lowest BCUT2D eigenvalue weighted by molar-refractivity contribution is -0.114. The molecule has 1 amide bonds. The van der Waals surface area contributed by atoms with E-state index in [2.05, 4.69) is 4.99 Å². The Morgan fingerprint density at radius 2 is 1.97 bits per heavy atom. The van der Waals surface area contributed by atoms with Crippen LogP contribution in [-0.4, -0.2) is 22.4 Å². The molecule has 5 rings (SSSR count). The van der Waals surface area contributed by atoms with Crippen LogP contribution in [0.1, 0.15) is 10.4 Å². The molecule has 2 aliphatic rings. The summed E-state index contributed by atoms with van der Waals surface area (Å²) < 4.78 is 12.9. The molecule has 144 valence electrons. The fourth-order valence-electron chi connectivity index (χ4n) is 3.22. The molecule has 1 aromatic heterocycles. The number of aromatic nitrogens is 1. The van der Waals surface area contributed by atoms with Crippen molar-refractivity contribution in [2.75, 3.05) is 6.79 Å². The van der Waals surface area contributed by atoms with Gasteiger partial charge in [-0.05, 0) is 36.0 Å². The Morgan fingerprint density at radius 3 is 2.76 bits per heavy atom. The monoisotopic (exact) mass is 422 g/mol. The molecule has 2 aliphatic heterocycles. The van der Waals surface area contributed by atoms with Crippen molar-refractivity contribution in [1.29, 1.82) is 0 Å². The van der Waals surface area contributed by atoms with Gasteiger partial charge in [0, 0.05) is 16.9 Å². The van der Waals surface area contributed by atoms with Gasteiger partial charge in [-0.25, -0.2) is 4.99 Å². The molecular formula is C21H14N2O4S2. The largest absolute Gasteiger partial charge is 0.493 e. The summed E-state index contributed by atoms with van der Waals surface area (Å²) in [5, 5.41) is 12.0. The van der Waals surface area contributed by atoms with Gasteiger partial charge in [0.2, 0.25) is 12.7 Å². The number of amides is 1. The normalized spacial score (nSPS) is 15.7. The number of aromatic hydroxyl groups is 1. The Balaban J connectivity index is 1.55. The number of carbonyl (C=O) groups is 1. The molecule has 0 bridgehead atoms. The van der Waals surface area contributed by atoms with Gasteiger partial charge in [0.1, 0.15) is 0 Å². The van der Waals surface area contributed by atoms with Gasteiger partial charge in [-0.2, -0.15) is 0 Å². The fourth-order valence-corrected chi connectivity index (χ4v) is 4.48. The number of rotatable bonds is 3. The summed E-state index contributed by atoms with van der Waals surface area (Å²) in [5.74, 6) is 0.852. The summed E-state index contributed by atoms with van der Waals surface area (Å²) in [6.07, 6.45) is 3.35. The first-order valence-corrected chi connectivity index (χ1v) is 10.0. The van der Waals surface area contributed by atoms with Gasteiger partial charge in [0.25, 0.3) is 5.91 Å². The maximum Gasteiger partial charge on any atom is 0.277 e. The third kappa shape index (κ3) is 3.26. The predicted octanol–water partition coefficient (Wildman–Crippen LogP) is 2.79. The van der Waals surface area contributed by atoms with Crippen molar-refractivity contribution >= 4 is 41.6 Å². The number of hydrogen-bond donors (Lipinski definition) is 1. The first-order chi connectivity index (χ1) is 14.1. The molecule has 29 heavy (non-hydrogen) atoms. The molecular weight excluding hydrogens is 408 g/mol. The van der Waals surface area contributed by atoms with Crippen LogP contribution in [0.2, 0.25) is 0 Å². The average molecular weight is 422 g/mol. The molecule has 6 nitrogen and oxygen atoms in total. The Hall–Kier alpha value is -3.23. The van der Waals surface area contributed by atoms with E-state index in [4.69, 9.17) is 21.7 Å². The van der Waals surface area contributed by atoms with Gasteiger partial charge in [-0.1, -0.05) is 30.3 Å². The van der Waals surface area contributed by atoms with Crippen molar-refractivity contribution in [3.63, 3.8) is 0 Å². The lowest BCUT2D eigenvalue weighted by atomic mass is 10.1. The van der Waals surface area contributed by atoms with E-state index in [1.54, 1.807) is 28.9 Å². The Morgan fingerprint density at radius 1 is 1.21 bits per heavy atom. The van der Waals surface area contributed by atoms with Crippen molar-refractivity contribution in [3.8, 4) is 17.4 Å². The highest BCUT2D eigenvalue weighted by atomic mass is 32.1. The number of ether oxygens (including phenoxy) is 2. The van der Waals surface area contributed by atoms with Crippen LogP contribution in [-0.2, 0) is 11.3 Å². The van der Waals surface area contributed by atoms with E-state index in [1.165, 1.54) is 11.3 Å². The zero-order valence-corrected chi connectivity index (χ0v) is 16.6. The number of carbonyl (C=O) groups excluding carboxylic acids is 1. The van der Waals surface area contributed by atoms with Crippen LogP contribution >= 0.6 is 23.6 Å². The van der Waals surface area contributed by atoms with E-state index in [1.807, 2.05) is 30.3 Å². The maximum atomic E-state index is 12.5. The minimum Gasteiger partial charge on any atom is -0.493 e. The number of thiazole rings is 1. The van der Waals surface area contributed by atoms with Crippen LogP contribution in [0, 0.1) is 3.95 Å². The zero-order chi connectivity index (χ0) is 20.0. The van der Waals surface area contributed by atoms with Crippen molar-refractivity contribution < 1.29 is 19.4 Å². The predicted molar refractivity (Wildman–Crippen MR) is 111 cm³/mol. The van der Waals surface area contributed by atoms with E-state index in [9.17, 15) is 9.90 Å². The summed E-state index contributed by atoms with van der Waals surface area (Å²) in [7, 11) is 0. The summed E-state index contributed by atoms with van der Waals surface area (Å²) >= 11 is 6.67. The molecule has 0 fully saturated rings. The van der Waals surface area contributed by atoms with Crippen LogP contribution in [0.15, 0.2) is 53.0 Å². The van der Waals surface area contributed by atoms with Gasteiger partial charge in [0.05, 0.1) is 16.8 Å². The van der Waals surface area contributed by atoms with E-state index in [0.717, 1.165) is 10.8 Å². The fraction of sp³-hybridized carbons (Fsp3) is 0.0952. The molecule has 3 aromatic rings. The number of benzene rings is 2. The standard InChI is InChI=1S/C21H14N2O4S2/c24-19-14(6-13-7-16-17(27-11-26-16)9-15(13)22-19)8-18-20(25)23(21(28)29-18)10-12-4-2-1-3-5-12/h1-9,25H,10-11H2/b14-8+. The number of nitrogens with zero attached hydrogens (tertiary/aromatic N) is 2. The second kappa shape index (κ2) is 6.98. The second-order valence-electron chi connectivity index (χ2n) is 6.55. The molecule has 8 heteroatoms. The van der Waals surface area contributed by atoms with Crippen LogP contribution in [0.4, 0.5) is 0 Å². The summed E-state index contributed by atoms with van der Waals surface area (Å²) in [6, 6.07) is 13.2. The lowest BCUT2D eigenvalue weighted by Crippen LogP contribution is -2.30. The lowest BCUT2D eigenvalue weighted by Gasteiger charge is -2.06. The van der Waals surface area contributed by atoms with Crippen LogP contribution in [0.3, 0.4) is 0 Å². The second-order valence-corrected chi connectivity index (χ2v) is 8.23. The molecule has 0 aliphatic carbocycles. The minimum atomic E-state index is -0.385. The SMILES string of the molecule is O=C1N=c2cc3c(cc2=C/C1=C\c1sc(=S)n(Cc2ccccc2)c1O)OCO3. The summed E-state index contributed by atoms with van der Waals surface area (Å²) in [5.41, 5.74) is 1.39. The smallest absolute Gasteiger partial charge is 0.277 e. The molecule has 0 saturated carbocycles. The molecule has 0 radical (unpaired) electrons. The van der Waals surface area contributed by atoms with Gasteiger partial charge in [-0.3, -0.25) is 9.36 Å². The maximum absolute atomic E-state index is 12.5. The van der Waals surface area contributed by atoms with Crippen LogP contribution in [0.5, 0.6) is 17.4 Å². The van der Waals surface area contributed by atoms with E-state index >= 15 is 0 Å². The van der Waals surface area contributed by atoms with Crippen molar-refractivity contribution in [3.05, 3.63) is 73.0 Å². The average Bonchev–Trinajstić information content (AvgIpc) is 3.27. The molecule has 0 spiro atoms. The zero-order valence-electron chi connectivity index (χ0n) is 15.0. The highest BCUT2D eigenvalue weighted by Gasteiger charge is 2.19. The van der Waals surface area contributed by atoms with Gasteiger partial charge < -0.3 is 14.6 Å². The van der Waals surface area contributed by atoms with Crippen molar-refractivity contribution in [1.82, 2.24) is 4.57 Å². The van der Waals surface area contributed by atoms with E-state index in [-0.39, 0.29) is 18.6 Å². The van der Waals surface area contributed by atoms with Crippen LogP contribution in [0.25, 0.3) is 12.2 Å². The highest BCUT2D eigenvalue weighted by molar-refractivity contribution is 7.73. The minimum absolute atomic E-state index is 0.0361. The van der Waals surface area contributed by atoms with Gasteiger partial charge >= 0.3 is 0 Å². The molecule has 2 aromatic carbocycles. The van der Waals surface area contributed by atoms with Gasteiger partial charge in [-0.15, -0.1) is 11.3 Å². The van der Waals surface area contributed by atoms with E-state index < -0.39 is 0 Å². The van der Waals surface area contributed by atoms with Crippen molar-refractivity contribution in [2.24, 2.45) is 4.99 Å². The quantitative estimate of drug-likeness (QED) is 0.519. The molecule has 1 N–H and O–H groups in total. The van der Waals surface area contributed by atoms with Crippen LogP contribution < -0.4 is 20.0 Å². The Labute approximate surface area is 174 Å². The molecule has 0 atom stereocenters. The number of fused-ring (bicyclic) bond motifs is 2. The third-order valence-electron chi connectivity index (χ3n) is 4.67.